The monoisotopic (exact) mass is 152 g/mol. The van der Waals surface area contributed by atoms with Crippen molar-refractivity contribution in [2.24, 2.45) is 0 Å². The summed E-state index contributed by atoms with van der Waals surface area (Å²) in [6.07, 6.45) is 0. The summed E-state index contributed by atoms with van der Waals surface area (Å²) in [6, 6.07) is 0. The van der Waals surface area contributed by atoms with Crippen molar-refractivity contribution in [3.05, 3.63) is 0 Å². The van der Waals surface area contributed by atoms with Crippen molar-refractivity contribution in [3.8, 4) is 0 Å². The SMILES string of the molecule is O=S([O-])CO.OO.[Na+]. The van der Waals surface area contributed by atoms with E-state index in [1.54, 1.807) is 0 Å². The van der Waals surface area contributed by atoms with Crippen molar-refractivity contribution in [2.75, 3.05) is 5.94 Å². The maximum atomic E-state index is 9.12. The Morgan fingerprint density at radius 2 is 1.62 bits per heavy atom. The fraction of sp³-hybridized carbons (Fsp3) is 1.00. The second-order valence-electron chi connectivity index (χ2n) is 0.433. The molecule has 8 heavy (non-hydrogen) atoms. The molecular formula is CH5NaO5S. The van der Waals surface area contributed by atoms with E-state index in [4.69, 9.17) is 24.4 Å². The van der Waals surface area contributed by atoms with Crippen LogP contribution in [0, 0.1) is 0 Å². The van der Waals surface area contributed by atoms with Gasteiger partial charge in [0.1, 0.15) is 5.94 Å². The van der Waals surface area contributed by atoms with Crippen molar-refractivity contribution in [3.63, 3.8) is 0 Å². The minimum atomic E-state index is -2.27. The van der Waals surface area contributed by atoms with Gasteiger partial charge < -0.3 is 9.66 Å². The third-order valence-corrected chi connectivity index (χ3v) is 0.316. The van der Waals surface area contributed by atoms with Crippen LogP contribution in [-0.4, -0.2) is 30.3 Å². The van der Waals surface area contributed by atoms with Crippen LogP contribution in [0.1, 0.15) is 0 Å². The largest absolute Gasteiger partial charge is 1.00 e. The molecule has 0 amide bonds. The van der Waals surface area contributed by atoms with Crippen LogP contribution in [0.25, 0.3) is 0 Å². The number of hydrogen-bond donors (Lipinski definition) is 3. The first-order chi connectivity index (χ1) is 3.27. The molecule has 0 saturated heterocycles. The molecule has 0 aliphatic rings. The molecule has 0 aromatic carbocycles. The summed E-state index contributed by atoms with van der Waals surface area (Å²) in [6.45, 7) is 0. The minimum Gasteiger partial charge on any atom is -0.771 e. The van der Waals surface area contributed by atoms with E-state index in [-0.39, 0.29) is 29.6 Å². The van der Waals surface area contributed by atoms with Gasteiger partial charge in [0, 0.05) is 0 Å². The number of aliphatic hydroxyl groups is 1. The van der Waals surface area contributed by atoms with Crippen molar-refractivity contribution in [1.82, 2.24) is 0 Å². The Kier molecular flexibility index (Phi) is 31.3. The Morgan fingerprint density at radius 1 is 1.50 bits per heavy atom. The van der Waals surface area contributed by atoms with Crippen molar-refractivity contribution in [2.45, 2.75) is 0 Å². The Balaban J connectivity index is -0.0000000750. The quantitative estimate of drug-likeness (QED) is 0.153. The van der Waals surface area contributed by atoms with Gasteiger partial charge in [-0.05, 0) is 11.1 Å². The normalized spacial score (nSPS) is 10.0. The molecule has 0 spiro atoms. The zero-order chi connectivity index (χ0) is 6.28. The summed E-state index contributed by atoms with van der Waals surface area (Å²) in [4.78, 5) is 0. The van der Waals surface area contributed by atoms with E-state index in [2.05, 4.69) is 0 Å². The Morgan fingerprint density at radius 3 is 1.62 bits per heavy atom. The molecule has 0 aromatic heterocycles. The van der Waals surface area contributed by atoms with Gasteiger partial charge in [0.2, 0.25) is 0 Å². The minimum absolute atomic E-state index is 0. The van der Waals surface area contributed by atoms with Crippen LogP contribution in [0.15, 0.2) is 0 Å². The topological polar surface area (TPSA) is 101 Å². The standard InChI is InChI=1S/CH4O3S.Na.H2O2/c2-1-5(3)4;;1-2/h2H,1H2,(H,3,4);;1-2H/q;+1;/p-1. The zero-order valence-corrected chi connectivity index (χ0v) is 7.09. The predicted octanol–water partition coefficient (Wildman–Crippen LogP) is -4.16. The van der Waals surface area contributed by atoms with Crippen LogP contribution >= 0.6 is 0 Å². The molecule has 0 fully saturated rings. The van der Waals surface area contributed by atoms with Gasteiger partial charge in [-0.25, -0.2) is 0 Å². The molecule has 0 aliphatic carbocycles. The summed E-state index contributed by atoms with van der Waals surface area (Å²) >= 11 is -2.27. The van der Waals surface area contributed by atoms with Crippen LogP contribution in [0.5, 0.6) is 0 Å². The van der Waals surface area contributed by atoms with Gasteiger partial charge in [0.05, 0.1) is 0 Å². The van der Waals surface area contributed by atoms with Crippen molar-refractivity contribution < 1.29 is 53.9 Å². The predicted molar refractivity (Wildman–Crippen MR) is 21.3 cm³/mol. The van der Waals surface area contributed by atoms with Gasteiger partial charge in [0.15, 0.2) is 0 Å². The second kappa shape index (κ2) is 15.7. The summed E-state index contributed by atoms with van der Waals surface area (Å²) in [5, 5.41) is 19.5. The van der Waals surface area contributed by atoms with Crippen LogP contribution < -0.4 is 29.6 Å². The first kappa shape index (κ1) is 16.0. The third-order valence-electron chi connectivity index (χ3n) is 0.105. The molecule has 5 nitrogen and oxygen atoms in total. The number of rotatable bonds is 1. The molecule has 0 radical (unpaired) electrons. The fourth-order valence-corrected chi connectivity index (χ4v) is 0. The van der Waals surface area contributed by atoms with E-state index in [1.165, 1.54) is 0 Å². The van der Waals surface area contributed by atoms with Crippen LogP contribution in [-0.2, 0) is 11.1 Å². The smallest absolute Gasteiger partial charge is 0.771 e. The Labute approximate surface area is 70.8 Å². The molecule has 0 heterocycles. The van der Waals surface area contributed by atoms with Crippen LogP contribution in [0.2, 0.25) is 0 Å². The molecule has 0 saturated carbocycles. The van der Waals surface area contributed by atoms with Crippen molar-refractivity contribution in [1.29, 1.82) is 0 Å². The molecule has 46 valence electrons. The summed E-state index contributed by atoms with van der Waals surface area (Å²) in [7, 11) is 0. The molecule has 0 bridgehead atoms. The van der Waals surface area contributed by atoms with Crippen molar-refractivity contribution >= 4 is 11.1 Å². The van der Waals surface area contributed by atoms with E-state index in [9.17, 15) is 0 Å². The van der Waals surface area contributed by atoms with Gasteiger partial charge in [-0.15, -0.1) is 0 Å². The first-order valence-electron chi connectivity index (χ1n) is 1.14. The molecule has 1 atom stereocenters. The van der Waals surface area contributed by atoms with Gasteiger partial charge in [-0.2, -0.15) is 0 Å². The third kappa shape index (κ3) is 28.1. The molecule has 3 N–H and O–H groups in total. The van der Waals surface area contributed by atoms with E-state index in [0.29, 0.717) is 0 Å². The summed E-state index contributed by atoms with van der Waals surface area (Å²) < 4.78 is 18.2. The van der Waals surface area contributed by atoms with Gasteiger partial charge in [-0.1, -0.05) is 0 Å². The van der Waals surface area contributed by atoms with Gasteiger partial charge in [-0.3, -0.25) is 14.7 Å². The van der Waals surface area contributed by atoms with E-state index in [1.807, 2.05) is 0 Å². The fourth-order valence-electron chi connectivity index (χ4n) is 0. The van der Waals surface area contributed by atoms with E-state index in [0.717, 1.165) is 0 Å². The first-order valence-corrected chi connectivity index (χ1v) is 2.38. The molecule has 0 aromatic rings. The Hall–Kier alpha value is 0.990. The number of hydrogen-bond acceptors (Lipinski definition) is 5. The van der Waals surface area contributed by atoms with Gasteiger partial charge >= 0.3 is 29.6 Å². The average molecular weight is 152 g/mol. The summed E-state index contributed by atoms with van der Waals surface area (Å²) in [5.41, 5.74) is 0. The number of aliphatic hydroxyl groups excluding tert-OH is 1. The maximum absolute atomic E-state index is 9.12. The summed E-state index contributed by atoms with van der Waals surface area (Å²) in [5.74, 6) is -0.778. The van der Waals surface area contributed by atoms with Gasteiger partial charge in [0.25, 0.3) is 0 Å². The second-order valence-corrected chi connectivity index (χ2v) is 1.30. The van der Waals surface area contributed by atoms with E-state index >= 15 is 0 Å². The molecule has 7 heteroatoms. The molecule has 1 unspecified atom stereocenters. The maximum Gasteiger partial charge on any atom is 1.00 e. The molecular weight excluding hydrogens is 147 g/mol. The zero-order valence-electron chi connectivity index (χ0n) is 4.27. The van der Waals surface area contributed by atoms with Crippen LogP contribution in [0.3, 0.4) is 0 Å². The molecule has 0 rings (SSSR count). The van der Waals surface area contributed by atoms with Crippen LogP contribution in [0.4, 0.5) is 0 Å². The molecule has 0 aliphatic heterocycles. The Bertz CT molecular complexity index is 47.7. The van der Waals surface area contributed by atoms with E-state index < -0.39 is 17.0 Å². The average Bonchev–Trinajstić information content (AvgIpc) is 1.73.